The number of alkyl halides is 6. The average molecular weight is 507 g/mol. The van der Waals surface area contributed by atoms with Crippen molar-refractivity contribution >= 4 is 35.1 Å². The van der Waals surface area contributed by atoms with Crippen molar-refractivity contribution in [1.82, 2.24) is 19.1 Å². The number of hydrogen-bond donors (Lipinski definition) is 2. The second-order valence-corrected chi connectivity index (χ2v) is 8.34. The van der Waals surface area contributed by atoms with Crippen molar-refractivity contribution in [2.75, 3.05) is 10.6 Å². The first-order chi connectivity index (χ1) is 14.5. The molecule has 16 heteroatoms. The van der Waals surface area contributed by atoms with Crippen molar-refractivity contribution in [2.24, 2.45) is 0 Å². The van der Waals surface area contributed by atoms with Gasteiger partial charge in [-0.05, 0) is 13.8 Å². The van der Waals surface area contributed by atoms with Crippen LogP contribution in [0.15, 0.2) is 21.7 Å². The lowest BCUT2D eigenvalue weighted by molar-refractivity contribution is -0.174. The number of hydrogen-bond acceptors (Lipinski definition) is 6. The molecule has 0 fully saturated rings. The molecule has 176 valence electrons. The predicted octanol–water partition coefficient (Wildman–Crippen LogP) is 3.29. The normalized spacial score (nSPS) is 24.1. The SMILES string of the molecule is C[C@@]1(C(F)(F)F)Cn2c(nc(Cl)cc2=O)N1.C[C@]1(C(F)(F)F)Cn2c(nc(Cl)cc2=O)N1. The van der Waals surface area contributed by atoms with E-state index in [-0.39, 0.29) is 22.2 Å². The number of rotatable bonds is 0. The van der Waals surface area contributed by atoms with E-state index in [1.165, 1.54) is 0 Å². The highest BCUT2D eigenvalue weighted by molar-refractivity contribution is 6.29. The van der Waals surface area contributed by atoms with Crippen LogP contribution < -0.4 is 21.8 Å². The summed E-state index contributed by atoms with van der Waals surface area (Å²) in [6, 6.07) is 1.96. The molecule has 2 aromatic heterocycles. The van der Waals surface area contributed by atoms with Gasteiger partial charge < -0.3 is 10.6 Å². The summed E-state index contributed by atoms with van der Waals surface area (Å²) in [5.41, 5.74) is -5.57. The van der Waals surface area contributed by atoms with E-state index in [2.05, 4.69) is 20.6 Å². The third-order valence-corrected chi connectivity index (χ3v) is 5.32. The fourth-order valence-corrected chi connectivity index (χ4v) is 3.33. The van der Waals surface area contributed by atoms with Gasteiger partial charge in [0.2, 0.25) is 11.9 Å². The minimum atomic E-state index is -4.47. The van der Waals surface area contributed by atoms with Gasteiger partial charge in [0.05, 0.1) is 13.1 Å². The van der Waals surface area contributed by atoms with Crippen molar-refractivity contribution in [1.29, 1.82) is 0 Å². The summed E-state index contributed by atoms with van der Waals surface area (Å²) in [4.78, 5) is 30.0. The van der Waals surface area contributed by atoms with Crippen LogP contribution in [0.5, 0.6) is 0 Å². The second-order valence-electron chi connectivity index (χ2n) is 7.56. The molecule has 32 heavy (non-hydrogen) atoms. The van der Waals surface area contributed by atoms with Crippen LogP contribution in [0, 0.1) is 0 Å². The highest BCUT2D eigenvalue weighted by Gasteiger charge is 2.56. The maximum atomic E-state index is 12.7. The van der Waals surface area contributed by atoms with E-state index in [1.807, 2.05) is 0 Å². The molecule has 2 atom stereocenters. The average Bonchev–Trinajstić information content (AvgIpc) is 3.13. The third kappa shape index (κ3) is 4.25. The van der Waals surface area contributed by atoms with Gasteiger partial charge in [-0.3, -0.25) is 18.7 Å². The lowest BCUT2D eigenvalue weighted by Crippen LogP contribution is -2.48. The van der Waals surface area contributed by atoms with Gasteiger partial charge in [-0.1, -0.05) is 23.2 Å². The maximum absolute atomic E-state index is 12.7. The Morgan fingerprint density at radius 3 is 1.41 bits per heavy atom. The van der Waals surface area contributed by atoms with Gasteiger partial charge in [0.15, 0.2) is 11.1 Å². The van der Waals surface area contributed by atoms with E-state index in [1.54, 1.807) is 0 Å². The zero-order valence-corrected chi connectivity index (χ0v) is 17.7. The van der Waals surface area contributed by atoms with E-state index in [0.29, 0.717) is 0 Å². The molecular weight excluding hydrogens is 493 g/mol. The first-order valence-corrected chi connectivity index (χ1v) is 9.46. The maximum Gasteiger partial charge on any atom is 0.412 e. The topological polar surface area (TPSA) is 93.8 Å². The highest BCUT2D eigenvalue weighted by Crippen LogP contribution is 2.39. The fourth-order valence-electron chi connectivity index (χ4n) is 2.98. The van der Waals surface area contributed by atoms with Crippen LogP contribution in [0.4, 0.5) is 38.2 Å². The predicted molar refractivity (Wildman–Crippen MR) is 103 cm³/mol. The quantitative estimate of drug-likeness (QED) is 0.420. The van der Waals surface area contributed by atoms with E-state index >= 15 is 0 Å². The highest BCUT2D eigenvalue weighted by atomic mass is 35.5. The monoisotopic (exact) mass is 506 g/mol. The number of fused-ring (bicyclic) bond motifs is 2. The zero-order valence-electron chi connectivity index (χ0n) is 16.2. The molecule has 0 bridgehead atoms. The number of halogens is 8. The van der Waals surface area contributed by atoms with Gasteiger partial charge in [-0.25, -0.2) is 9.97 Å². The van der Waals surface area contributed by atoms with Crippen LogP contribution in [0.25, 0.3) is 0 Å². The molecular formula is C16H14Cl2F6N6O2. The van der Waals surface area contributed by atoms with Crippen molar-refractivity contribution in [3.05, 3.63) is 43.1 Å². The minimum Gasteiger partial charge on any atom is -0.340 e. The molecule has 2 N–H and O–H groups in total. The number of anilines is 2. The van der Waals surface area contributed by atoms with Crippen LogP contribution >= 0.6 is 23.2 Å². The molecule has 4 rings (SSSR count). The van der Waals surface area contributed by atoms with Gasteiger partial charge in [0.25, 0.3) is 11.1 Å². The minimum absolute atomic E-state index is 0.129. The molecule has 0 amide bonds. The summed E-state index contributed by atoms with van der Waals surface area (Å²) in [6.07, 6.45) is -8.95. The van der Waals surface area contributed by atoms with Crippen LogP contribution in [-0.2, 0) is 13.1 Å². The Morgan fingerprint density at radius 1 is 0.812 bits per heavy atom. The van der Waals surface area contributed by atoms with Gasteiger partial charge in [0.1, 0.15) is 10.3 Å². The lowest BCUT2D eigenvalue weighted by atomic mass is 10.0. The molecule has 2 aliphatic heterocycles. The summed E-state index contributed by atoms with van der Waals surface area (Å²) in [5.74, 6) is -0.311. The first kappa shape index (κ1) is 24.2. The summed E-state index contributed by atoms with van der Waals surface area (Å²) in [6.45, 7) is 0.924. The van der Waals surface area contributed by atoms with Crippen LogP contribution in [0.2, 0.25) is 10.3 Å². The van der Waals surface area contributed by atoms with E-state index in [9.17, 15) is 35.9 Å². The Labute approximate surface area is 185 Å². The number of nitrogens with one attached hydrogen (secondary N) is 2. The fraction of sp³-hybridized carbons (Fsp3) is 0.500. The Morgan fingerprint density at radius 2 is 1.12 bits per heavy atom. The van der Waals surface area contributed by atoms with Gasteiger partial charge in [0, 0.05) is 12.1 Å². The Balaban J connectivity index is 0.000000181. The molecule has 0 unspecified atom stereocenters. The van der Waals surface area contributed by atoms with Crippen LogP contribution in [0.3, 0.4) is 0 Å². The smallest absolute Gasteiger partial charge is 0.340 e. The first-order valence-electron chi connectivity index (χ1n) is 8.70. The van der Waals surface area contributed by atoms with Crippen molar-refractivity contribution in [3.63, 3.8) is 0 Å². The summed E-state index contributed by atoms with van der Waals surface area (Å²) >= 11 is 11.0. The molecule has 2 aliphatic rings. The summed E-state index contributed by atoms with van der Waals surface area (Å²) < 4.78 is 78.1. The van der Waals surface area contributed by atoms with Crippen molar-refractivity contribution in [3.8, 4) is 0 Å². The van der Waals surface area contributed by atoms with Crippen LogP contribution in [-0.4, -0.2) is 42.5 Å². The standard InChI is InChI=1S/2C8H7ClF3N3O/c2*1-7(8(10,11)12)3-15-5(16)2-4(9)13-6(15)14-7/h2*2H,3H2,1H3,(H,13,14)/t2*7-/m10/s1. The van der Waals surface area contributed by atoms with Gasteiger partial charge >= 0.3 is 12.4 Å². The largest absolute Gasteiger partial charge is 0.412 e. The number of nitrogens with zero attached hydrogens (tertiary/aromatic N) is 4. The molecule has 2 aromatic rings. The molecule has 8 nitrogen and oxygen atoms in total. The Kier molecular flexibility index (Phi) is 5.70. The Bertz CT molecular complexity index is 1090. The Hall–Kier alpha value is -2.48. The third-order valence-electron chi connectivity index (χ3n) is 4.93. The molecule has 0 spiro atoms. The summed E-state index contributed by atoms with van der Waals surface area (Å²) in [5, 5.41) is 4.09. The molecule has 0 radical (unpaired) electrons. The zero-order chi connectivity index (χ0) is 24.3. The second kappa shape index (κ2) is 7.54. The number of aromatic nitrogens is 4. The van der Waals surface area contributed by atoms with E-state index in [0.717, 1.165) is 35.1 Å². The van der Waals surface area contributed by atoms with Crippen molar-refractivity contribution in [2.45, 2.75) is 50.4 Å². The summed E-state index contributed by atoms with van der Waals surface area (Å²) in [7, 11) is 0. The van der Waals surface area contributed by atoms with Crippen molar-refractivity contribution < 1.29 is 26.3 Å². The van der Waals surface area contributed by atoms with Gasteiger partial charge in [-0.15, -0.1) is 0 Å². The molecule has 0 saturated heterocycles. The van der Waals surface area contributed by atoms with E-state index in [4.69, 9.17) is 23.2 Å². The van der Waals surface area contributed by atoms with Gasteiger partial charge in [-0.2, -0.15) is 26.3 Å². The molecule has 0 saturated carbocycles. The molecule has 0 aromatic carbocycles. The molecule has 4 heterocycles. The van der Waals surface area contributed by atoms with Crippen LogP contribution in [0.1, 0.15) is 13.8 Å². The lowest BCUT2D eigenvalue weighted by Gasteiger charge is -2.26. The molecule has 0 aliphatic carbocycles. The van der Waals surface area contributed by atoms with E-state index < -0.39 is 47.6 Å².